The summed E-state index contributed by atoms with van der Waals surface area (Å²) < 4.78 is 15.7. The van der Waals surface area contributed by atoms with Gasteiger partial charge in [-0.1, -0.05) is 30.3 Å². The normalized spacial score (nSPS) is 14.4. The van der Waals surface area contributed by atoms with Crippen LogP contribution in [-0.4, -0.2) is 47.2 Å². The maximum atomic E-state index is 5.33. The SMILES string of the molecule is COCC(CNC(COC)c1ccccc1)OC. The maximum Gasteiger partial charge on any atom is 0.0928 e. The van der Waals surface area contributed by atoms with Crippen molar-refractivity contribution in [3.8, 4) is 0 Å². The highest BCUT2D eigenvalue weighted by Crippen LogP contribution is 2.12. The lowest BCUT2D eigenvalue weighted by molar-refractivity contribution is 0.0252. The summed E-state index contributed by atoms with van der Waals surface area (Å²) in [5.74, 6) is 0. The predicted molar refractivity (Wildman–Crippen MR) is 71.7 cm³/mol. The van der Waals surface area contributed by atoms with Gasteiger partial charge in [-0.05, 0) is 5.56 Å². The van der Waals surface area contributed by atoms with Gasteiger partial charge in [0.2, 0.25) is 0 Å². The van der Waals surface area contributed by atoms with Gasteiger partial charge in [0, 0.05) is 27.9 Å². The van der Waals surface area contributed by atoms with E-state index >= 15 is 0 Å². The molecule has 0 bridgehead atoms. The van der Waals surface area contributed by atoms with Crippen molar-refractivity contribution in [2.24, 2.45) is 0 Å². The van der Waals surface area contributed by atoms with Crippen LogP contribution in [0.1, 0.15) is 11.6 Å². The second-order valence-electron chi connectivity index (χ2n) is 4.14. The van der Waals surface area contributed by atoms with Crippen LogP contribution >= 0.6 is 0 Å². The second kappa shape index (κ2) is 9.05. The third-order valence-electron chi connectivity index (χ3n) is 2.81. The molecule has 1 aromatic rings. The molecule has 0 spiro atoms. The van der Waals surface area contributed by atoms with Gasteiger partial charge in [0.1, 0.15) is 0 Å². The number of benzene rings is 1. The van der Waals surface area contributed by atoms with Crippen molar-refractivity contribution < 1.29 is 14.2 Å². The minimum atomic E-state index is 0.0538. The Morgan fingerprint density at radius 3 is 2.22 bits per heavy atom. The van der Waals surface area contributed by atoms with Crippen LogP contribution in [0.15, 0.2) is 30.3 Å². The molecule has 0 aliphatic carbocycles. The lowest BCUT2D eigenvalue weighted by Crippen LogP contribution is -2.35. The molecule has 0 saturated heterocycles. The van der Waals surface area contributed by atoms with Crippen molar-refractivity contribution in [2.45, 2.75) is 12.1 Å². The largest absolute Gasteiger partial charge is 0.383 e. The van der Waals surface area contributed by atoms with Crippen LogP contribution in [0.2, 0.25) is 0 Å². The van der Waals surface area contributed by atoms with Gasteiger partial charge in [0.25, 0.3) is 0 Å². The van der Waals surface area contributed by atoms with Gasteiger partial charge in [-0.25, -0.2) is 0 Å². The highest BCUT2D eigenvalue weighted by molar-refractivity contribution is 5.18. The number of rotatable bonds is 9. The van der Waals surface area contributed by atoms with Gasteiger partial charge in [-0.15, -0.1) is 0 Å². The van der Waals surface area contributed by atoms with Crippen LogP contribution in [-0.2, 0) is 14.2 Å². The molecule has 1 aromatic carbocycles. The lowest BCUT2D eigenvalue weighted by atomic mass is 10.1. The minimum absolute atomic E-state index is 0.0538. The molecule has 0 saturated carbocycles. The lowest BCUT2D eigenvalue weighted by Gasteiger charge is -2.22. The van der Waals surface area contributed by atoms with Gasteiger partial charge in [0.15, 0.2) is 0 Å². The van der Waals surface area contributed by atoms with Crippen molar-refractivity contribution in [1.82, 2.24) is 5.32 Å². The molecule has 1 rings (SSSR count). The summed E-state index contributed by atoms with van der Waals surface area (Å²) in [4.78, 5) is 0. The van der Waals surface area contributed by atoms with E-state index in [4.69, 9.17) is 14.2 Å². The van der Waals surface area contributed by atoms with Crippen LogP contribution in [0.4, 0.5) is 0 Å². The molecule has 4 heteroatoms. The first-order valence-electron chi connectivity index (χ1n) is 6.10. The summed E-state index contributed by atoms with van der Waals surface area (Å²) >= 11 is 0. The van der Waals surface area contributed by atoms with Crippen LogP contribution in [0.3, 0.4) is 0 Å². The van der Waals surface area contributed by atoms with Crippen LogP contribution in [0.5, 0.6) is 0 Å². The van der Waals surface area contributed by atoms with Crippen LogP contribution in [0, 0.1) is 0 Å². The standard InChI is InChI=1S/C14H23NO3/c1-16-10-13(18-3)9-15-14(11-17-2)12-7-5-4-6-8-12/h4-8,13-15H,9-11H2,1-3H3. The van der Waals surface area contributed by atoms with E-state index in [1.165, 1.54) is 5.56 Å². The summed E-state index contributed by atoms with van der Waals surface area (Å²) in [6, 6.07) is 10.4. The number of hydrogen-bond donors (Lipinski definition) is 1. The monoisotopic (exact) mass is 253 g/mol. The molecule has 1 N–H and O–H groups in total. The molecule has 0 radical (unpaired) electrons. The van der Waals surface area contributed by atoms with E-state index in [1.54, 1.807) is 21.3 Å². The van der Waals surface area contributed by atoms with E-state index in [1.807, 2.05) is 18.2 Å². The first-order chi connectivity index (χ1) is 8.81. The number of ether oxygens (including phenoxy) is 3. The highest BCUT2D eigenvalue weighted by atomic mass is 16.5. The summed E-state index contributed by atoms with van der Waals surface area (Å²) in [7, 11) is 5.08. The van der Waals surface area contributed by atoms with Crippen LogP contribution in [0.25, 0.3) is 0 Å². The smallest absolute Gasteiger partial charge is 0.0928 e. The van der Waals surface area contributed by atoms with Crippen molar-refractivity contribution in [3.05, 3.63) is 35.9 Å². The number of nitrogens with one attached hydrogen (secondary N) is 1. The van der Waals surface area contributed by atoms with Gasteiger partial charge < -0.3 is 19.5 Å². The van der Waals surface area contributed by atoms with Crippen LogP contribution < -0.4 is 5.32 Å². The van der Waals surface area contributed by atoms with Crippen molar-refractivity contribution in [1.29, 1.82) is 0 Å². The Morgan fingerprint density at radius 2 is 1.67 bits per heavy atom. The Bertz CT molecular complexity index is 305. The topological polar surface area (TPSA) is 39.7 Å². The highest BCUT2D eigenvalue weighted by Gasteiger charge is 2.13. The average Bonchev–Trinajstić information content (AvgIpc) is 2.43. The third kappa shape index (κ3) is 5.14. The van der Waals surface area contributed by atoms with E-state index in [-0.39, 0.29) is 12.1 Å². The zero-order valence-electron chi connectivity index (χ0n) is 11.4. The molecular formula is C14H23NO3. The van der Waals surface area contributed by atoms with Gasteiger partial charge in [-0.2, -0.15) is 0 Å². The quantitative estimate of drug-likeness (QED) is 0.726. The Balaban J connectivity index is 2.53. The molecule has 18 heavy (non-hydrogen) atoms. The Morgan fingerprint density at radius 1 is 1.00 bits per heavy atom. The Labute approximate surface area is 109 Å². The predicted octanol–water partition coefficient (Wildman–Crippen LogP) is 1.63. The van der Waals surface area contributed by atoms with Gasteiger partial charge in [-0.3, -0.25) is 0 Å². The summed E-state index contributed by atoms with van der Waals surface area (Å²) in [6.45, 7) is 1.94. The molecule has 0 aromatic heterocycles. The average molecular weight is 253 g/mol. The Hall–Kier alpha value is -0.940. The summed E-state index contributed by atoms with van der Waals surface area (Å²) in [5, 5.41) is 3.44. The molecule has 0 aliphatic heterocycles. The zero-order chi connectivity index (χ0) is 13.2. The fourth-order valence-corrected chi connectivity index (χ4v) is 1.79. The minimum Gasteiger partial charge on any atom is -0.383 e. The maximum absolute atomic E-state index is 5.33. The first-order valence-corrected chi connectivity index (χ1v) is 6.10. The molecule has 102 valence electrons. The van der Waals surface area contributed by atoms with Crippen molar-refractivity contribution in [3.63, 3.8) is 0 Å². The molecule has 4 nitrogen and oxygen atoms in total. The fourth-order valence-electron chi connectivity index (χ4n) is 1.79. The summed E-state index contributed by atoms with van der Waals surface area (Å²) in [6.07, 6.45) is 0.0538. The first kappa shape index (κ1) is 15.1. The molecule has 2 atom stereocenters. The molecule has 0 heterocycles. The number of methoxy groups -OCH3 is 3. The van der Waals surface area contributed by atoms with Crippen molar-refractivity contribution in [2.75, 3.05) is 41.1 Å². The van der Waals surface area contributed by atoms with E-state index in [2.05, 4.69) is 17.4 Å². The van der Waals surface area contributed by atoms with E-state index in [0.717, 1.165) is 6.54 Å². The number of hydrogen-bond acceptors (Lipinski definition) is 4. The van der Waals surface area contributed by atoms with E-state index in [0.29, 0.717) is 13.2 Å². The summed E-state index contributed by atoms with van der Waals surface area (Å²) in [5.41, 5.74) is 1.21. The molecule has 0 aliphatic rings. The molecular weight excluding hydrogens is 230 g/mol. The second-order valence-corrected chi connectivity index (χ2v) is 4.14. The van der Waals surface area contributed by atoms with Gasteiger partial charge >= 0.3 is 0 Å². The molecule has 0 amide bonds. The molecule has 0 fully saturated rings. The fraction of sp³-hybridized carbons (Fsp3) is 0.571. The van der Waals surface area contributed by atoms with E-state index < -0.39 is 0 Å². The molecule has 2 unspecified atom stereocenters. The van der Waals surface area contributed by atoms with E-state index in [9.17, 15) is 0 Å². The zero-order valence-corrected chi connectivity index (χ0v) is 11.4. The van der Waals surface area contributed by atoms with Crippen molar-refractivity contribution >= 4 is 0 Å². The Kier molecular flexibility index (Phi) is 7.60. The van der Waals surface area contributed by atoms with Gasteiger partial charge in [0.05, 0.1) is 25.4 Å². The third-order valence-corrected chi connectivity index (χ3v) is 2.81.